The summed E-state index contributed by atoms with van der Waals surface area (Å²) in [7, 11) is 1.53. The molecule has 0 fully saturated rings. The highest BCUT2D eigenvalue weighted by atomic mass is 35.5. The number of fused-ring (bicyclic) bond motifs is 1. The van der Waals surface area contributed by atoms with Gasteiger partial charge in [-0.05, 0) is 13.0 Å². The Balaban J connectivity index is 2.63. The zero-order valence-electron chi connectivity index (χ0n) is 9.53. The van der Waals surface area contributed by atoms with Gasteiger partial charge in [0.05, 0.1) is 10.7 Å². The third kappa shape index (κ3) is 1.64. The molecule has 1 heterocycles. The third-order valence-electron chi connectivity index (χ3n) is 2.93. The van der Waals surface area contributed by atoms with Crippen LogP contribution in [0.25, 0.3) is 0 Å². The predicted octanol–water partition coefficient (Wildman–Crippen LogP) is 1.48. The molecule has 0 bridgehead atoms. The molecule has 0 radical (unpaired) electrons. The predicted molar refractivity (Wildman–Crippen MR) is 64.1 cm³/mol. The standard InChI is InChI=1S/C12H12ClNO3/c1-7(15)6-12(17)8-4-3-5-9(13)10(8)14(2)11(12)16/h3-5,17H,6H2,1-2H3. The topological polar surface area (TPSA) is 57.6 Å². The van der Waals surface area contributed by atoms with E-state index in [0.29, 0.717) is 16.3 Å². The van der Waals surface area contributed by atoms with Crippen LogP contribution in [0, 0.1) is 0 Å². The summed E-state index contributed by atoms with van der Waals surface area (Å²) in [6.07, 6.45) is -0.233. The van der Waals surface area contributed by atoms with Crippen molar-refractivity contribution < 1.29 is 14.7 Å². The van der Waals surface area contributed by atoms with Crippen molar-refractivity contribution in [2.45, 2.75) is 18.9 Å². The lowest BCUT2D eigenvalue weighted by Crippen LogP contribution is -2.39. The number of hydrogen-bond acceptors (Lipinski definition) is 3. The van der Waals surface area contributed by atoms with Gasteiger partial charge in [-0.25, -0.2) is 0 Å². The number of amides is 1. The van der Waals surface area contributed by atoms with Crippen LogP contribution in [0.4, 0.5) is 5.69 Å². The smallest absolute Gasteiger partial charge is 0.263 e. The van der Waals surface area contributed by atoms with Gasteiger partial charge in [0, 0.05) is 19.0 Å². The van der Waals surface area contributed by atoms with E-state index >= 15 is 0 Å². The zero-order chi connectivity index (χ0) is 12.8. The van der Waals surface area contributed by atoms with Crippen molar-refractivity contribution in [2.75, 3.05) is 11.9 Å². The van der Waals surface area contributed by atoms with E-state index in [4.69, 9.17) is 11.6 Å². The molecule has 1 N–H and O–H groups in total. The number of rotatable bonds is 2. The Hall–Kier alpha value is -1.39. The largest absolute Gasteiger partial charge is 0.375 e. The number of Topliss-reactive ketones (excluding diaryl/α,β-unsaturated/α-hetero) is 1. The Morgan fingerprint density at radius 1 is 1.53 bits per heavy atom. The minimum Gasteiger partial charge on any atom is -0.375 e. The second-order valence-electron chi connectivity index (χ2n) is 4.24. The highest BCUT2D eigenvalue weighted by molar-refractivity contribution is 6.35. The van der Waals surface area contributed by atoms with Crippen LogP contribution >= 0.6 is 11.6 Å². The van der Waals surface area contributed by atoms with Crippen molar-refractivity contribution in [3.05, 3.63) is 28.8 Å². The van der Waals surface area contributed by atoms with Crippen molar-refractivity contribution in [3.8, 4) is 0 Å². The fraction of sp³-hybridized carbons (Fsp3) is 0.333. The molecule has 4 nitrogen and oxygen atoms in total. The van der Waals surface area contributed by atoms with Gasteiger partial charge in [0.25, 0.3) is 5.91 Å². The van der Waals surface area contributed by atoms with Crippen LogP contribution in [-0.2, 0) is 15.2 Å². The molecule has 0 spiro atoms. The van der Waals surface area contributed by atoms with Gasteiger partial charge in [-0.1, -0.05) is 23.7 Å². The van der Waals surface area contributed by atoms with Crippen LogP contribution in [0.15, 0.2) is 18.2 Å². The van der Waals surface area contributed by atoms with Gasteiger partial charge in [0.1, 0.15) is 5.78 Å². The number of halogens is 1. The molecule has 17 heavy (non-hydrogen) atoms. The number of nitrogens with zero attached hydrogens (tertiary/aromatic N) is 1. The normalized spacial score (nSPS) is 22.8. The van der Waals surface area contributed by atoms with Crippen LogP contribution in [-0.4, -0.2) is 23.8 Å². The first-order valence-corrected chi connectivity index (χ1v) is 5.54. The molecule has 1 aromatic carbocycles. The van der Waals surface area contributed by atoms with E-state index < -0.39 is 11.5 Å². The van der Waals surface area contributed by atoms with E-state index in [1.807, 2.05) is 0 Å². The molecular formula is C12H12ClNO3. The SMILES string of the molecule is CC(=O)CC1(O)C(=O)N(C)c2c(Cl)cccc21. The molecule has 1 amide bonds. The molecule has 90 valence electrons. The number of anilines is 1. The lowest BCUT2D eigenvalue weighted by Gasteiger charge is -2.20. The average molecular weight is 254 g/mol. The number of para-hydroxylation sites is 1. The molecule has 0 aromatic heterocycles. The Kier molecular flexibility index (Phi) is 2.72. The van der Waals surface area contributed by atoms with Gasteiger partial charge >= 0.3 is 0 Å². The van der Waals surface area contributed by atoms with Crippen molar-refractivity contribution in [1.82, 2.24) is 0 Å². The van der Waals surface area contributed by atoms with Crippen LogP contribution in [0.1, 0.15) is 18.9 Å². The lowest BCUT2D eigenvalue weighted by atomic mass is 9.90. The molecule has 1 unspecified atom stereocenters. The highest BCUT2D eigenvalue weighted by Crippen LogP contribution is 2.45. The summed E-state index contributed by atoms with van der Waals surface area (Å²) in [5.41, 5.74) is -0.906. The maximum Gasteiger partial charge on any atom is 0.263 e. The number of benzene rings is 1. The van der Waals surface area contributed by atoms with Gasteiger partial charge in [-0.15, -0.1) is 0 Å². The van der Waals surface area contributed by atoms with Crippen LogP contribution in [0.5, 0.6) is 0 Å². The maximum atomic E-state index is 12.0. The maximum absolute atomic E-state index is 12.0. The molecule has 0 saturated carbocycles. The van der Waals surface area contributed by atoms with Gasteiger partial charge < -0.3 is 10.0 Å². The van der Waals surface area contributed by atoms with Gasteiger partial charge in [-0.2, -0.15) is 0 Å². The number of carbonyl (C=O) groups is 2. The molecule has 1 aliphatic rings. The van der Waals surface area contributed by atoms with E-state index in [0.717, 1.165) is 0 Å². The minimum absolute atomic E-state index is 0.233. The second kappa shape index (κ2) is 3.82. The molecule has 2 rings (SSSR count). The number of ketones is 1. The summed E-state index contributed by atoms with van der Waals surface area (Å²) in [6.45, 7) is 1.34. The minimum atomic E-state index is -1.78. The van der Waals surface area contributed by atoms with E-state index in [-0.39, 0.29) is 12.2 Å². The van der Waals surface area contributed by atoms with E-state index in [1.165, 1.54) is 18.9 Å². The summed E-state index contributed by atoms with van der Waals surface area (Å²) in [5.74, 6) is -0.766. The Morgan fingerprint density at radius 2 is 2.18 bits per heavy atom. The number of hydrogen-bond donors (Lipinski definition) is 1. The summed E-state index contributed by atoms with van der Waals surface area (Å²) in [4.78, 5) is 24.5. The van der Waals surface area contributed by atoms with Gasteiger partial charge in [0.15, 0.2) is 5.60 Å². The summed E-state index contributed by atoms with van der Waals surface area (Å²) < 4.78 is 0. The van der Waals surface area contributed by atoms with E-state index in [1.54, 1.807) is 18.2 Å². The van der Waals surface area contributed by atoms with Gasteiger partial charge in [-0.3, -0.25) is 9.59 Å². The Bertz CT molecular complexity index is 514. The van der Waals surface area contributed by atoms with Crippen molar-refractivity contribution in [2.24, 2.45) is 0 Å². The van der Waals surface area contributed by atoms with Crippen molar-refractivity contribution >= 4 is 29.0 Å². The molecule has 0 aliphatic carbocycles. The summed E-state index contributed by atoms with van der Waals surface area (Å²) in [6, 6.07) is 4.91. The molecule has 0 saturated heterocycles. The first kappa shape index (κ1) is 12.1. The summed E-state index contributed by atoms with van der Waals surface area (Å²) in [5, 5.41) is 10.8. The van der Waals surface area contributed by atoms with Crippen molar-refractivity contribution in [1.29, 1.82) is 0 Å². The lowest BCUT2D eigenvalue weighted by molar-refractivity contribution is -0.141. The van der Waals surface area contributed by atoms with E-state index in [2.05, 4.69) is 0 Å². The first-order chi connectivity index (χ1) is 7.88. The summed E-state index contributed by atoms with van der Waals surface area (Å²) >= 11 is 6.00. The second-order valence-corrected chi connectivity index (χ2v) is 4.65. The highest BCUT2D eigenvalue weighted by Gasteiger charge is 2.49. The first-order valence-electron chi connectivity index (χ1n) is 5.17. The van der Waals surface area contributed by atoms with Crippen LogP contribution < -0.4 is 4.90 Å². The fourth-order valence-electron chi connectivity index (χ4n) is 2.22. The molecule has 1 aliphatic heterocycles. The molecule has 1 atom stereocenters. The number of aliphatic hydroxyl groups is 1. The Morgan fingerprint density at radius 3 is 2.76 bits per heavy atom. The molecule has 5 heteroatoms. The van der Waals surface area contributed by atoms with E-state index in [9.17, 15) is 14.7 Å². The fourth-order valence-corrected chi connectivity index (χ4v) is 2.52. The molecular weight excluding hydrogens is 242 g/mol. The van der Waals surface area contributed by atoms with Crippen LogP contribution in [0.2, 0.25) is 5.02 Å². The van der Waals surface area contributed by atoms with Crippen LogP contribution in [0.3, 0.4) is 0 Å². The number of carbonyl (C=O) groups excluding carboxylic acids is 2. The van der Waals surface area contributed by atoms with Crippen molar-refractivity contribution in [3.63, 3.8) is 0 Å². The van der Waals surface area contributed by atoms with Gasteiger partial charge in [0.2, 0.25) is 0 Å². The molecule has 1 aromatic rings. The quantitative estimate of drug-likeness (QED) is 0.869. The third-order valence-corrected chi connectivity index (χ3v) is 3.24. The Labute approximate surface area is 104 Å². The number of likely N-dealkylation sites (N-methyl/N-ethyl adjacent to an activating group) is 1. The zero-order valence-corrected chi connectivity index (χ0v) is 10.3. The monoisotopic (exact) mass is 253 g/mol. The average Bonchev–Trinajstić information content (AvgIpc) is 2.42.